The molecule has 0 aliphatic carbocycles. The van der Waals surface area contributed by atoms with Crippen molar-refractivity contribution in [2.24, 2.45) is 0 Å². The third-order valence-electron chi connectivity index (χ3n) is 2.91. The molecular weight excluding hydrogens is 282 g/mol. The van der Waals surface area contributed by atoms with Crippen molar-refractivity contribution < 1.29 is 4.79 Å². The molecule has 0 aliphatic heterocycles. The quantitative estimate of drug-likeness (QED) is 0.944. The van der Waals surface area contributed by atoms with Gasteiger partial charge >= 0.3 is 0 Å². The fraction of sp³-hybridized carbons (Fsp3) is 0.438. The molecule has 0 aliphatic rings. The van der Waals surface area contributed by atoms with Gasteiger partial charge in [0.2, 0.25) is 0 Å². The van der Waals surface area contributed by atoms with Gasteiger partial charge in [-0.25, -0.2) is 4.98 Å². The molecule has 4 nitrogen and oxygen atoms in total. The van der Waals surface area contributed by atoms with E-state index < -0.39 is 0 Å². The first-order valence-electron chi connectivity index (χ1n) is 7.03. The minimum atomic E-state index is -0.231. The molecule has 0 saturated carbocycles. The fourth-order valence-electron chi connectivity index (χ4n) is 1.97. The van der Waals surface area contributed by atoms with Crippen LogP contribution in [0, 0.1) is 6.92 Å². The number of hydrogen-bond donors (Lipinski definition) is 1. The summed E-state index contributed by atoms with van der Waals surface area (Å²) in [5.41, 5.74) is 1.81. The monoisotopic (exact) mass is 303 g/mol. The maximum atomic E-state index is 12.2. The number of nitrogens with one attached hydrogen (secondary N) is 1. The van der Waals surface area contributed by atoms with Gasteiger partial charge in [-0.05, 0) is 51.8 Å². The van der Waals surface area contributed by atoms with Crippen LogP contribution in [0.4, 0.5) is 0 Å². The van der Waals surface area contributed by atoms with Crippen molar-refractivity contribution >= 4 is 17.2 Å². The lowest BCUT2D eigenvalue weighted by molar-refractivity contribution is 0.0923. The molecule has 2 aromatic rings. The number of rotatable bonds is 4. The Bertz CT molecular complexity index is 614. The van der Waals surface area contributed by atoms with E-state index in [9.17, 15) is 4.79 Å². The van der Waals surface area contributed by atoms with Crippen LogP contribution < -0.4 is 5.32 Å². The zero-order valence-electron chi connectivity index (χ0n) is 12.9. The van der Waals surface area contributed by atoms with Crippen LogP contribution in [0.2, 0.25) is 0 Å². The Balaban J connectivity index is 2.04. The first kappa shape index (κ1) is 15.6. The Morgan fingerprint density at radius 2 is 1.90 bits per heavy atom. The number of aryl methyl sites for hydroxylation is 3. The van der Waals surface area contributed by atoms with Gasteiger partial charge in [-0.2, -0.15) is 0 Å². The number of thiazole rings is 1. The van der Waals surface area contributed by atoms with E-state index in [0.717, 1.165) is 28.4 Å². The van der Waals surface area contributed by atoms with Crippen molar-refractivity contribution in [2.45, 2.75) is 46.1 Å². The number of hydrogen-bond acceptors (Lipinski definition) is 4. The van der Waals surface area contributed by atoms with Crippen LogP contribution >= 0.6 is 11.3 Å². The highest BCUT2D eigenvalue weighted by atomic mass is 32.1. The van der Waals surface area contributed by atoms with Crippen molar-refractivity contribution in [3.8, 4) is 0 Å². The Morgan fingerprint density at radius 1 is 1.24 bits per heavy atom. The Labute approximate surface area is 129 Å². The predicted molar refractivity (Wildman–Crippen MR) is 85.7 cm³/mol. The molecule has 0 fully saturated rings. The molecule has 0 unspecified atom stereocenters. The van der Waals surface area contributed by atoms with Gasteiger partial charge in [-0.3, -0.25) is 9.78 Å². The molecule has 2 rings (SSSR count). The molecular formula is C16H21N3OS. The maximum absolute atomic E-state index is 12.2. The van der Waals surface area contributed by atoms with E-state index in [2.05, 4.69) is 15.3 Å². The van der Waals surface area contributed by atoms with Gasteiger partial charge in [0.05, 0.1) is 10.7 Å². The number of carbonyl (C=O) groups excluding carboxylic acids is 1. The second-order valence-corrected chi connectivity index (χ2v) is 7.17. The highest BCUT2D eigenvalue weighted by Gasteiger charge is 2.20. The average Bonchev–Trinajstić information content (AvgIpc) is 2.77. The van der Waals surface area contributed by atoms with Crippen molar-refractivity contribution in [2.75, 3.05) is 0 Å². The van der Waals surface area contributed by atoms with Gasteiger partial charge in [0.15, 0.2) is 0 Å². The zero-order valence-corrected chi connectivity index (χ0v) is 13.8. The van der Waals surface area contributed by atoms with E-state index in [1.165, 1.54) is 16.9 Å². The molecule has 0 saturated heterocycles. The summed E-state index contributed by atoms with van der Waals surface area (Å²) in [6.45, 7) is 7.83. The average molecular weight is 303 g/mol. The highest BCUT2D eigenvalue weighted by molar-refractivity contribution is 7.13. The van der Waals surface area contributed by atoms with E-state index in [4.69, 9.17) is 0 Å². The summed E-state index contributed by atoms with van der Waals surface area (Å²) in [6, 6.07) is 4.02. The van der Waals surface area contributed by atoms with Crippen molar-refractivity contribution in [3.63, 3.8) is 0 Å². The van der Waals surface area contributed by atoms with E-state index in [1.807, 2.05) is 39.8 Å². The second kappa shape index (κ2) is 6.35. The van der Waals surface area contributed by atoms with Crippen LogP contribution in [0.15, 0.2) is 24.5 Å². The molecule has 1 N–H and O–H groups in total. The van der Waals surface area contributed by atoms with Crippen LogP contribution in [0.3, 0.4) is 0 Å². The summed E-state index contributed by atoms with van der Waals surface area (Å²) in [5.74, 6) is -0.0346. The smallest absolute Gasteiger partial charge is 0.263 e. The normalized spacial score (nSPS) is 11.4. The summed E-state index contributed by atoms with van der Waals surface area (Å²) in [7, 11) is 0. The molecule has 0 atom stereocenters. The summed E-state index contributed by atoms with van der Waals surface area (Å²) in [4.78, 5) is 21.5. The molecule has 1 amide bonds. The molecule has 112 valence electrons. The molecule has 0 bridgehead atoms. The van der Waals surface area contributed by atoms with Gasteiger partial charge in [-0.15, -0.1) is 11.3 Å². The second-order valence-electron chi connectivity index (χ2n) is 6.08. The molecule has 2 heterocycles. The Morgan fingerprint density at radius 3 is 2.52 bits per heavy atom. The lowest BCUT2D eigenvalue weighted by Gasteiger charge is -2.19. The SMILES string of the molecule is Cc1nc(CCc2ccncc2)sc1C(=O)NC(C)(C)C. The van der Waals surface area contributed by atoms with E-state index >= 15 is 0 Å². The van der Waals surface area contributed by atoms with Gasteiger partial charge < -0.3 is 5.32 Å². The first-order valence-corrected chi connectivity index (χ1v) is 7.84. The standard InChI is InChI=1S/C16H21N3OS/c1-11-14(15(20)19-16(2,3)4)21-13(18-11)6-5-12-7-9-17-10-8-12/h7-10H,5-6H2,1-4H3,(H,19,20). The number of nitrogens with zero attached hydrogens (tertiary/aromatic N) is 2. The van der Waals surface area contributed by atoms with Crippen molar-refractivity contribution in [1.29, 1.82) is 0 Å². The lowest BCUT2D eigenvalue weighted by Crippen LogP contribution is -2.40. The van der Waals surface area contributed by atoms with Gasteiger partial charge in [-0.1, -0.05) is 0 Å². The number of aromatic nitrogens is 2. The number of amides is 1. The van der Waals surface area contributed by atoms with Gasteiger partial charge in [0, 0.05) is 24.4 Å². The van der Waals surface area contributed by atoms with Crippen LogP contribution in [0.5, 0.6) is 0 Å². The van der Waals surface area contributed by atoms with Gasteiger partial charge in [0.25, 0.3) is 5.91 Å². The summed E-state index contributed by atoms with van der Waals surface area (Å²) < 4.78 is 0. The van der Waals surface area contributed by atoms with E-state index in [0.29, 0.717) is 0 Å². The largest absolute Gasteiger partial charge is 0.347 e. The van der Waals surface area contributed by atoms with Crippen molar-refractivity contribution in [1.82, 2.24) is 15.3 Å². The van der Waals surface area contributed by atoms with Gasteiger partial charge in [0.1, 0.15) is 4.88 Å². The van der Waals surface area contributed by atoms with Crippen LogP contribution in [0.1, 0.15) is 46.7 Å². The highest BCUT2D eigenvalue weighted by Crippen LogP contribution is 2.20. The topological polar surface area (TPSA) is 54.9 Å². The van der Waals surface area contributed by atoms with Crippen LogP contribution in [-0.4, -0.2) is 21.4 Å². The summed E-state index contributed by atoms with van der Waals surface area (Å²) >= 11 is 1.49. The first-order chi connectivity index (χ1) is 9.85. The summed E-state index contributed by atoms with van der Waals surface area (Å²) in [6.07, 6.45) is 5.35. The zero-order chi connectivity index (χ0) is 15.5. The Hall–Kier alpha value is -1.75. The Kier molecular flexibility index (Phi) is 4.73. The molecule has 0 aromatic carbocycles. The molecule has 0 spiro atoms. The van der Waals surface area contributed by atoms with E-state index in [1.54, 1.807) is 12.4 Å². The van der Waals surface area contributed by atoms with Crippen molar-refractivity contribution in [3.05, 3.63) is 45.7 Å². The molecule has 21 heavy (non-hydrogen) atoms. The molecule has 0 radical (unpaired) electrons. The maximum Gasteiger partial charge on any atom is 0.263 e. The van der Waals surface area contributed by atoms with Crippen LogP contribution in [-0.2, 0) is 12.8 Å². The van der Waals surface area contributed by atoms with Crippen LogP contribution in [0.25, 0.3) is 0 Å². The molecule has 5 heteroatoms. The minimum Gasteiger partial charge on any atom is -0.347 e. The predicted octanol–water partition coefficient (Wildman–Crippen LogP) is 3.16. The number of pyridine rings is 1. The summed E-state index contributed by atoms with van der Waals surface area (Å²) in [5, 5.41) is 3.99. The molecule has 2 aromatic heterocycles. The minimum absolute atomic E-state index is 0.0346. The van der Waals surface area contributed by atoms with E-state index in [-0.39, 0.29) is 11.4 Å². The third kappa shape index (κ3) is 4.63. The number of carbonyl (C=O) groups is 1. The lowest BCUT2D eigenvalue weighted by atomic mass is 10.1. The fourth-order valence-corrected chi connectivity index (χ4v) is 2.93. The third-order valence-corrected chi connectivity index (χ3v) is 4.13.